The van der Waals surface area contributed by atoms with Crippen molar-refractivity contribution in [3.8, 4) is 0 Å². The summed E-state index contributed by atoms with van der Waals surface area (Å²) in [6.45, 7) is 4.51. The fourth-order valence-electron chi connectivity index (χ4n) is 1.63. The first-order valence-electron chi connectivity index (χ1n) is 4.66. The summed E-state index contributed by atoms with van der Waals surface area (Å²) in [5.74, 6) is 0. The van der Waals surface area contributed by atoms with Crippen LogP contribution < -0.4 is 0 Å². The van der Waals surface area contributed by atoms with Crippen molar-refractivity contribution in [2.24, 2.45) is 0 Å². The van der Waals surface area contributed by atoms with E-state index in [-0.39, 0.29) is 0 Å². The van der Waals surface area contributed by atoms with Crippen LogP contribution in [0.4, 0.5) is 0 Å². The molecule has 0 spiro atoms. The Kier molecular flexibility index (Phi) is 2.87. The number of benzene rings is 1. The van der Waals surface area contributed by atoms with Gasteiger partial charge in [0.05, 0.1) is 0 Å². The lowest BCUT2D eigenvalue weighted by Crippen LogP contribution is -2.14. The van der Waals surface area contributed by atoms with Crippen LogP contribution in [0, 0.1) is 6.54 Å². The summed E-state index contributed by atoms with van der Waals surface area (Å²) in [6.07, 6.45) is 2.53. The highest BCUT2D eigenvalue weighted by Gasteiger charge is 2.11. The largest absolute Gasteiger partial charge is 0.295 e. The molecule has 0 unspecified atom stereocenters. The van der Waals surface area contributed by atoms with Crippen molar-refractivity contribution in [2.45, 2.75) is 19.4 Å². The van der Waals surface area contributed by atoms with Gasteiger partial charge in [-0.15, -0.1) is 0 Å². The van der Waals surface area contributed by atoms with Crippen LogP contribution in [0.15, 0.2) is 24.3 Å². The van der Waals surface area contributed by atoms with Crippen LogP contribution in [0.1, 0.15) is 18.4 Å². The van der Waals surface area contributed by atoms with Crippen molar-refractivity contribution in [2.75, 3.05) is 6.54 Å². The first kappa shape index (κ1) is 9.04. The van der Waals surface area contributed by atoms with Crippen LogP contribution in [0.3, 0.4) is 0 Å². The molecule has 2 rings (SSSR count). The molecule has 1 saturated heterocycles. The molecule has 1 radical (unpaired) electrons. The minimum Gasteiger partial charge on any atom is -0.295 e. The second-order valence-corrected chi connectivity index (χ2v) is 3.86. The maximum atomic E-state index is 5.81. The number of nitrogens with zero attached hydrogens (tertiary/aromatic N) is 1. The summed E-state index contributed by atoms with van der Waals surface area (Å²) >= 11 is 5.81. The summed E-state index contributed by atoms with van der Waals surface area (Å²) in [5, 5.41) is 0.814. The number of hydrogen-bond donors (Lipinski definition) is 0. The fourth-order valence-corrected chi connectivity index (χ4v) is 1.75. The Morgan fingerprint density at radius 1 is 1.23 bits per heavy atom. The molecular weight excluding hydrogens is 182 g/mol. The minimum absolute atomic E-state index is 0.814. The summed E-state index contributed by atoms with van der Waals surface area (Å²) in [6, 6.07) is 8.09. The summed E-state index contributed by atoms with van der Waals surface area (Å²) in [5.41, 5.74) is 1.34. The zero-order valence-corrected chi connectivity index (χ0v) is 8.30. The van der Waals surface area contributed by atoms with E-state index in [9.17, 15) is 0 Å². The Hall–Kier alpha value is -0.530. The van der Waals surface area contributed by atoms with Gasteiger partial charge in [0.15, 0.2) is 0 Å². The zero-order valence-electron chi connectivity index (χ0n) is 7.54. The molecule has 0 aliphatic carbocycles. The van der Waals surface area contributed by atoms with Gasteiger partial charge >= 0.3 is 0 Å². The maximum Gasteiger partial charge on any atom is 0.0406 e. The molecule has 1 nitrogen and oxygen atoms in total. The molecule has 69 valence electrons. The second-order valence-electron chi connectivity index (χ2n) is 3.42. The molecular formula is C11H13ClN. The molecule has 1 aliphatic rings. The maximum absolute atomic E-state index is 5.81. The molecule has 0 N–H and O–H groups in total. The lowest BCUT2D eigenvalue weighted by Gasteiger charge is -2.13. The third kappa shape index (κ3) is 2.45. The molecule has 1 heterocycles. The predicted octanol–water partition coefficient (Wildman–Crippen LogP) is 3.10. The Bertz CT molecular complexity index is 262. The van der Waals surface area contributed by atoms with Gasteiger partial charge in [0, 0.05) is 18.1 Å². The van der Waals surface area contributed by atoms with Gasteiger partial charge in [0.1, 0.15) is 0 Å². The fraction of sp³-hybridized carbons (Fsp3) is 0.364. The lowest BCUT2D eigenvalue weighted by atomic mass is 10.2. The molecule has 0 atom stereocenters. The van der Waals surface area contributed by atoms with E-state index in [4.69, 9.17) is 11.6 Å². The normalized spacial score (nSPS) is 17.9. The number of halogens is 1. The summed E-state index contributed by atoms with van der Waals surface area (Å²) < 4.78 is 0. The first-order chi connectivity index (χ1) is 6.34. The van der Waals surface area contributed by atoms with Crippen LogP contribution in [-0.4, -0.2) is 11.4 Å². The Balaban J connectivity index is 1.97. The van der Waals surface area contributed by atoms with E-state index in [0.717, 1.165) is 11.6 Å². The van der Waals surface area contributed by atoms with E-state index in [2.05, 4.69) is 23.6 Å². The molecule has 2 heteroatoms. The minimum atomic E-state index is 0.814. The zero-order chi connectivity index (χ0) is 9.10. The highest BCUT2D eigenvalue weighted by Crippen LogP contribution is 2.17. The number of rotatable bonds is 2. The van der Waals surface area contributed by atoms with E-state index in [1.165, 1.54) is 24.9 Å². The lowest BCUT2D eigenvalue weighted by molar-refractivity contribution is 0.379. The predicted molar refractivity (Wildman–Crippen MR) is 55.4 cm³/mol. The Morgan fingerprint density at radius 3 is 2.62 bits per heavy atom. The van der Waals surface area contributed by atoms with Crippen LogP contribution in [0.25, 0.3) is 0 Å². The van der Waals surface area contributed by atoms with Crippen LogP contribution in [-0.2, 0) is 6.54 Å². The van der Waals surface area contributed by atoms with Crippen LogP contribution in [0.2, 0.25) is 5.02 Å². The molecule has 0 amide bonds. The van der Waals surface area contributed by atoms with Crippen molar-refractivity contribution >= 4 is 11.6 Å². The van der Waals surface area contributed by atoms with Crippen molar-refractivity contribution in [1.82, 2.24) is 4.90 Å². The first-order valence-corrected chi connectivity index (χ1v) is 5.04. The number of likely N-dealkylation sites (tertiary alicyclic amines) is 1. The molecule has 1 aromatic rings. The van der Waals surface area contributed by atoms with Crippen molar-refractivity contribution in [3.05, 3.63) is 41.4 Å². The third-order valence-corrected chi connectivity index (χ3v) is 2.59. The van der Waals surface area contributed by atoms with Crippen molar-refractivity contribution in [3.63, 3.8) is 0 Å². The van der Waals surface area contributed by atoms with E-state index in [1.807, 2.05) is 12.1 Å². The Morgan fingerprint density at radius 2 is 2.00 bits per heavy atom. The molecule has 1 fully saturated rings. The average Bonchev–Trinajstić information content (AvgIpc) is 2.62. The van der Waals surface area contributed by atoms with E-state index < -0.39 is 0 Å². The van der Waals surface area contributed by atoms with Gasteiger partial charge in [-0.05, 0) is 37.1 Å². The SMILES string of the molecule is Clc1ccc(CN2[CH]CCC2)cc1. The Labute approximate surface area is 84.3 Å². The third-order valence-electron chi connectivity index (χ3n) is 2.34. The van der Waals surface area contributed by atoms with Gasteiger partial charge in [-0.2, -0.15) is 0 Å². The summed E-state index contributed by atoms with van der Waals surface area (Å²) in [4.78, 5) is 2.36. The van der Waals surface area contributed by atoms with E-state index in [1.54, 1.807) is 0 Å². The van der Waals surface area contributed by atoms with Gasteiger partial charge < -0.3 is 0 Å². The quantitative estimate of drug-likeness (QED) is 0.700. The standard InChI is InChI=1S/C11H13ClN/c12-11-5-3-10(4-6-11)9-13-7-1-2-8-13/h3-7H,1-2,8-9H2. The smallest absolute Gasteiger partial charge is 0.0406 e. The molecule has 1 aliphatic heterocycles. The second kappa shape index (κ2) is 4.12. The number of hydrogen-bond acceptors (Lipinski definition) is 1. The van der Waals surface area contributed by atoms with Gasteiger partial charge in [-0.3, -0.25) is 4.90 Å². The molecule has 0 bridgehead atoms. The van der Waals surface area contributed by atoms with Crippen LogP contribution in [0.5, 0.6) is 0 Å². The average molecular weight is 195 g/mol. The topological polar surface area (TPSA) is 3.24 Å². The van der Waals surface area contributed by atoms with Gasteiger partial charge in [-0.25, -0.2) is 0 Å². The van der Waals surface area contributed by atoms with Gasteiger partial charge in [0.2, 0.25) is 0 Å². The van der Waals surface area contributed by atoms with E-state index in [0.29, 0.717) is 0 Å². The van der Waals surface area contributed by atoms with E-state index >= 15 is 0 Å². The molecule has 13 heavy (non-hydrogen) atoms. The van der Waals surface area contributed by atoms with Crippen molar-refractivity contribution < 1.29 is 0 Å². The van der Waals surface area contributed by atoms with Gasteiger partial charge in [0.25, 0.3) is 0 Å². The van der Waals surface area contributed by atoms with Crippen molar-refractivity contribution in [1.29, 1.82) is 0 Å². The molecule has 0 saturated carbocycles. The van der Waals surface area contributed by atoms with Crippen LogP contribution >= 0.6 is 11.6 Å². The molecule has 0 aromatic heterocycles. The monoisotopic (exact) mass is 194 g/mol. The summed E-state index contributed by atoms with van der Waals surface area (Å²) in [7, 11) is 0. The molecule has 1 aromatic carbocycles. The highest BCUT2D eigenvalue weighted by molar-refractivity contribution is 6.30. The highest BCUT2D eigenvalue weighted by atomic mass is 35.5. The van der Waals surface area contributed by atoms with Gasteiger partial charge in [-0.1, -0.05) is 23.7 Å².